The highest BCUT2D eigenvalue weighted by Crippen LogP contribution is 2.18. The Morgan fingerprint density at radius 2 is 1.90 bits per heavy atom. The molecule has 2 rings (SSSR count). The maximum atomic E-state index is 5.66. The van der Waals surface area contributed by atoms with Crippen LogP contribution in [0.4, 0.5) is 0 Å². The van der Waals surface area contributed by atoms with Gasteiger partial charge in [0, 0.05) is 12.6 Å². The van der Waals surface area contributed by atoms with Crippen LogP contribution in [0.5, 0.6) is 5.75 Å². The Kier molecular flexibility index (Phi) is 6.89. The first-order valence-corrected chi connectivity index (χ1v) is 8.04. The molecule has 0 spiro atoms. The highest BCUT2D eigenvalue weighted by Gasteiger charge is 2.19. The lowest BCUT2D eigenvalue weighted by Gasteiger charge is -2.08. The second-order valence-electron chi connectivity index (χ2n) is 5.60. The zero-order chi connectivity index (χ0) is 14.0. The molecule has 0 heterocycles. The van der Waals surface area contributed by atoms with Gasteiger partial charge in [-0.3, -0.25) is 0 Å². The fraction of sp³-hybridized carbons (Fsp3) is 0.647. The van der Waals surface area contributed by atoms with Gasteiger partial charge in [-0.2, -0.15) is 0 Å². The molecular weight excluding hydrogens is 248 g/mol. The Balaban J connectivity index is 1.53. The molecule has 0 aliphatic heterocycles. The zero-order valence-corrected chi connectivity index (χ0v) is 12.7. The summed E-state index contributed by atoms with van der Waals surface area (Å²) in [7, 11) is 0. The summed E-state index contributed by atoms with van der Waals surface area (Å²) < 4.78 is 5.66. The molecule has 0 aromatic heterocycles. The van der Waals surface area contributed by atoms with Gasteiger partial charge in [-0.25, -0.2) is 0 Å². The van der Waals surface area contributed by atoms with Gasteiger partial charge < -0.3 is 15.4 Å². The van der Waals surface area contributed by atoms with Crippen LogP contribution < -0.4 is 15.4 Å². The van der Waals surface area contributed by atoms with Crippen molar-refractivity contribution in [1.82, 2.24) is 10.6 Å². The molecule has 0 unspecified atom stereocenters. The van der Waals surface area contributed by atoms with E-state index in [-0.39, 0.29) is 0 Å². The fourth-order valence-electron chi connectivity index (χ4n) is 2.08. The molecule has 1 aliphatic rings. The molecule has 0 saturated heterocycles. The number of nitrogens with one attached hydrogen (secondary N) is 2. The van der Waals surface area contributed by atoms with Crippen molar-refractivity contribution in [3.05, 3.63) is 29.8 Å². The van der Waals surface area contributed by atoms with Crippen LogP contribution >= 0.6 is 0 Å². The SMILES string of the molecule is CCCCOc1ccc(CNCCCNC2CC2)cc1. The van der Waals surface area contributed by atoms with Crippen LogP contribution in [0.15, 0.2) is 24.3 Å². The van der Waals surface area contributed by atoms with Crippen molar-refractivity contribution in [3.8, 4) is 5.75 Å². The van der Waals surface area contributed by atoms with Gasteiger partial charge in [-0.15, -0.1) is 0 Å². The van der Waals surface area contributed by atoms with Crippen molar-refractivity contribution < 1.29 is 4.74 Å². The van der Waals surface area contributed by atoms with Crippen LogP contribution in [0, 0.1) is 0 Å². The molecule has 20 heavy (non-hydrogen) atoms. The van der Waals surface area contributed by atoms with Crippen molar-refractivity contribution in [2.45, 2.75) is 51.6 Å². The largest absolute Gasteiger partial charge is 0.494 e. The second kappa shape index (κ2) is 8.98. The summed E-state index contributed by atoms with van der Waals surface area (Å²) in [4.78, 5) is 0. The van der Waals surface area contributed by atoms with E-state index in [9.17, 15) is 0 Å². The molecule has 0 atom stereocenters. The molecule has 1 saturated carbocycles. The highest BCUT2D eigenvalue weighted by atomic mass is 16.5. The third kappa shape index (κ3) is 6.40. The van der Waals surface area contributed by atoms with Gasteiger partial charge in [-0.1, -0.05) is 25.5 Å². The summed E-state index contributed by atoms with van der Waals surface area (Å²) in [6.07, 6.45) is 6.25. The summed E-state index contributed by atoms with van der Waals surface area (Å²) in [6, 6.07) is 9.27. The van der Waals surface area contributed by atoms with E-state index < -0.39 is 0 Å². The maximum absolute atomic E-state index is 5.66. The molecular formula is C17H28N2O. The minimum atomic E-state index is 0.822. The number of benzene rings is 1. The molecule has 1 aromatic rings. The predicted octanol–water partition coefficient (Wildman–Crippen LogP) is 3.10. The zero-order valence-electron chi connectivity index (χ0n) is 12.7. The lowest BCUT2D eigenvalue weighted by molar-refractivity contribution is 0.309. The third-order valence-electron chi connectivity index (χ3n) is 3.56. The van der Waals surface area contributed by atoms with Crippen molar-refractivity contribution >= 4 is 0 Å². The van der Waals surface area contributed by atoms with Gasteiger partial charge in [0.15, 0.2) is 0 Å². The Morgan fingerprint density at radius 3 is 2.60 bits per heavy atom. The summed E-state index contributed by atoms with van der Waals surface area (Å²) >= 11 is 0. The molecule has 3 heteroatoms. The summed E-state index contributed by atoms with van der Waals surface area (Å²) in [6.45, 7) is 6.16. The standard InChI is InChI=1S/C17H28N2O/c1-2-3-13-20-17-9-5-15(6-10-17)14-18-11-4-12-19-16-7-8-16/h5-6,9-10,16,18-19H,2-4,7-8,11-14H2,1H3. The minimum Gasteiger partial charge on any atom is -0.494 e. The van der Waals surface area contributed by atoms with Crippen molar-refractivity contribution in [3.63, 3.8) is 0 Å². The summed E-state index contributed by atoms with van der Waals surface area (Å²) in [5, 5.41) is 7.02. The molecule has 1 aliphatic carbocycles. The van der Waals surface area contributed by atoms with Crippen LogP contribution in [-0.4, -0.2) is 25.7 Å². The van der Waals surface area contributed by atoms with Gasteiger partial charge in [-0.05, 0) is 56.5 Å². The van der Waals surface area contributed by atoms with E-state index in [1.165, 1.54) is 31.2 Å². The first kappa shape index (κ1) is 15.3. The fourth-order valence-corrected chi connectivity index (χ4v) is 2.08. The van der Waals surface area contributed by atoms with Crippen LogP contribution in [0.1, 0.15) is 44.6 Å². The number of rotatable bonds is 11. The number of ether oxygens (including phenoxy) is 1. The third-order valence-corrected chi connectivity index (χ3v) is 3.56. The first-order valence-electron chi connectivity index (χ1n) is 8.04. The number of unbranched alkanes of at least 4 members (excludes halogenated alkanes) is 1. The number of hydrogen-bond donors (Lipinski definition) is 2. The normalized spacial score (nSPS) is 14.4. The van der Waals surface area contributed by atoms with E-state index in [0.29, 0.717) is 0 Å². The van der Waals surface area contributed by atoms with Gasteiger partial charge >= 0.3 is 0 Å². The summed E-state index contributed by atoms with van der Waals surface area (Å²) in [5.41, 5.74) is 1.32. The molecule has 2 N–H and O–H groups in total. The minimum absolute atomic E-state index is 0.822. The molecule has 0 radical (unpaired) electrons. The average Bonchev–Trinajstić information content (AvgIpc) is 3.29. The predicted molar refractivity (Wildman–Crippen MR) is 84.2 cm³/mol. The Bertz CT molecular complexity index is 360. The molecule has 1 fully saturated rings. The first-order chi connectivity index (χ1) is 9.88. The van der Waals surface area contributed by atoms with Gasteiger partial charge in [0.1, 0.15) is 5.75 Å². The lowest BCUT2D eigenvalue weighted by atomic mass is 10.2. The maximum Gasteiger partial charge on any atom is 0.119 e. The van der Waals surface area contributed by atoms with Crippen molar-refractivity contribution in [2.24, 2.45) is 0 Å². The molecule has 0 bridgehead atoms. The van der Waals surface area contributed by atoms with E-state index in [2.05, 4.69) is 41.8 Å². The lowest BCUT2D eigenvalue weighted by Crippen LogP contribution is -2.23. The average molecular weight is 276 g/mol. The van der Waals surface area contributed by atoms with Crippen LogP contribution in [0.25, 0.3) is 0 Å². The Labute approximate surface area is 123 Å². The second-order valence-corrected chi connectivity index (χ2v) is 5.60. The van der Waals surface area contributed by atoms with Gasteiger partial charge in [0.05, 0.1) is 6.61 Å². The smallest absolute Gasteiger partial charge is 0.119 e. The Hall–Kier alpha value is -1.06. The van der Waals surface area contributed by atoms with Crippen molar-refractivity contribution in [1.29, 1.82) is 0 Å². The highest BCUT2D eigenvalue weighted by molar-refractivity contribution is 5.27. The van der Waals surface area contributed by atoms with Crippen LogP contribution in [-0.2, 0) is 6.54 Å². The van der Waals surface area contributed by atoms with E-state index in [4.69, 9.17) is 4.74 Å². The summed E-state index contributed by atoms with van der Waals surface area (Å²) in [5.74, 6) is 0.982. The van der Waals surface area contributed by atoms with E-state index in [1.807, 2.05) is 0 Å². The van der Waals surface area contributed by atoms with Gasteiger partial charge in [0.2, 0.25) is 0 Å². The molecule has 0 amide bonds. The van der Waals surface area contributed by atoms with Crippen LogP contribution in [0.2, 0.25) is 0 Å². The van der Waals surface area contributed by atoms with Crippen LogP contribution in [0.3, 0.4) is 0 Å². The Morgan fingerprint density at radius 1 is 1.10 bits per heavy atom. The number of hydrogen-bond acceptors (Lipinski definition) is 3. The quantitative estimate of drug-likeness (QED) is 0.609. The van der Waals surface area contributed by atoms with E-state index in [1.54, 1.807) is 0 Å². The monoisotopic (exact) mass is 276 g/mol. The molecule has 112 valence electrons. The van der Waals surface area contributed by atoms with E-state index >= 15 is 0 Å². The molecule has 3 nitrogen and oxygen atoms in total. The van der Waals surface area contributed by atoms with E-state index in [0.717, 1.165) is 44.5 Å². The molecule has 1 aromatic carbocycles. The topological polar surface area (TPSA) is 33.3 Å². The van der Waals surface area contributed by atoms with Gasteiger partial charge in [0.25, 0.3) is 0 Å². The van der Waals surface area contributed by atoms with Crippen molar-refractivity contribution in [2.75, 3.05) is 19.7 Å².